The molecular weight excluding hydrogens is 222 g/mol. The zero-order valence-corrected chi connectivity index (χ0v) is 9.60. The van der Waals surface area contributed by atoms with Gasteiger partial charge in [-0.05, 0) is 18.1 Å². The normalized spacial score (nSPS) is 22.7. The van der Waals surface area contributed by atoms with Gasteiger partial charge >= 0.3 is 6.16 Å². The van der Waals surface area contributed by atoms with Crippen molar-refractivity contribution in [2.45, 2.75) is 25.0 Å². The van der Waals surface area contributed by atoms with E-state index < -0.39 is 11.9 Å². The lowest BCUT2D eigenvalue weighted by Gasteiger charge is -2.33. The highest BCUT2D eigenvalue weighted by atomic mass is 16.7. The molecule has 0 aliphatic heterocycles. The van der Waals surface area contributed by atoms with E-state index in [0.29, 0.717) is 19.3 Å². The van der Waals surface area contributed by atoms with Gasteiger partial charge in [0, 0.05) is 18.4 Å². The summed E-state index contributed by atoms with van der Waals surface area (Å²) in [5.74, 6) is 0.186. The highest BCUT2D eigenvalue weighted by molar-refractivity contribution is 5.60. The summed E-state index contributed by atoms with van der Waals surface area (Å²) in [5, 5.41) is 9.75. The van der Waals surface area contributed by atoms with Gasteiger partial charge in [0.05, 0.1) is 7.11 Å². The maximum Gasteiger partial charge on any atom is 0.509 e. The van der Waals surface area contributed by atoms with Crippen LogP contribution in [0.3, 0.4) is 0 Å². The second-order valence-electron chi connectivity index (χ2n) is 4.21. The number of carbonyl (C=O) groups excluding carboxylic acids is 1. The predicted octanol–water partition coefficient (Wildman–Crippen LogP) is 1.32. The average Bonchev–Trinajstić information content (AvgIpc) is 2.30. The molecule has 0 aromatic heterocycles. The first-order chi connectivity index (χ1) is 8.04. The van der Waals surface area contributed by atoms with Crippen molar-refractivity contribution < 1.29 is 19.4 Å². The van der Waals surface area contributed by atoms with Crippen LogP contribution >= 0.6 is 0 Å². The van der Waals surface area contributed by atoms with Gasteiger partial charge < -0.3 is 14.6 Å². The molecule has 17 heavy (non-hydrogen) atoms. The van der Waals surface area contributed by atoms with E-state index in [0.717, 1.165) is 11.1 Å². The molecule has 92 valence electrons. The summed E-state index contributed by atoms with van der Waals surface area (Å²) in [5.41, 5.74) is 6.67. The molecule has 5 heteroatoms. The number of rotatable bonds is 1. The average molecular weight is 237 g/mol. The number of aryl methyl sites for hydroxylation is 1. The number of hydrogen-bond donors (Lipinski definition) is 2. The van der Waals surface area contributed by atoms with Crippen molar-refractivity contribution in [3.63, 3.8) is 0 Å². The summed E-state index contributed by atoms with van der Waals surface area (Å²) < 4.78 is 9.48. The summed E-state index contributed by atoms with van der Waals surface area (Å²) >= 11 is 0. The van der Waals surface area contributed by atoms with E-state index in [2.05, 4.69) is 4.74 Å². The molecule has 0 saturated carbocycles. The molecule has 0 saturated heterocycles. The summed E-state index contributed by atoms with van der Waals surface area (Å²) in [6.45, 7) is 0. The Hall–Kier alpha value is -1.75. The van der Waals surface area contributed by atoms with Crippen LogP contribution in [0.15, 0.2) is 18.2 Å². The predicted molar refractivity (Wildman–Crippen MR) is 60.5 cm³/mol. The molecule has 1 atom stereocenters. The van der Waals surface area contributed by atoms with Crippen LogP contribution in [0.5, 0.6) is 5.75 Å². The van der Waals surface area contributed by atoms with Gasteiger partial charge in [0.25, 0.3) is 0 Å². The molecule has 0 bridgehead atoms. The second-order valence-corrected chi connectivity index (χ2v) is 4.21. The third-order valence-electron chi connectivity index (χ3n) is 3.00. The number of aromatic hydroxyl groups is 1. The van der Waals surface area contributed by atoms with Crippen LogP contribution in [0.4, 0.5) is 4.79 Å². The fourth-order valence-corrected chi connectivity index (χ4v) is 2.09. The Kier molecular flexibility index (Phi) is 2.93. The number of hydrogen-bond acceptors (Lipinski definition) is 5. The van der Waals surface area contributed by atoms with Crippen LogP contribution in [-0.4, -0.2) is 24.1 Å². The van der Waals surface area contributed by atoms with Crippen molar-refractivity contribution >= 4 is 6.16 Å². The lowest BCUT2D eigenvalue weighted by molar-refractivity contribution is -0.0323. The molecule has 1 aliphatic rings. The number of phenols is 1. The SMILES string of the molecule is COC(=O)O[C@@]1(N)CCc2cccc(O)c2C1. The lowest BCUT2D eigenvalue weighted by atomic mass is 9.85. The summed E-state index contributed by atoms with van der Waals surface area (Å²) in [6, 6.07) is 5.33. The zero-order chi connectivity index (χ0) is 12.5. The van der Waals surface area contributed by atoms with Crippen molar-refractivity contribution in [1.82, 2.24) is 0 Å². The minimum atomic E-state index is -1.10. The number of nitrogens with two attached hydrogens (primary N) is 1. The third-order valence-corrected chi connectivity index (χ3v) is 3.00. The Bertz CT molecular complexity index is 446. The molecule has 0 heterocycles. The third kappa shape index (κ3) is 2.34. The molecule has 0 spiro atoms. The van der Waals surface area contributed by atoms with Crippen molar-refractivity contribution in [2.24, 2.45) is 5.73 Å². The lowest BCUT2D eigenvalue weighted by Crippen LogP contribution is -2.49. The first-order valence-electron chi connectivity index (χ1n) is 5.40. The van der Waals surface area contributed by atoms with Crippen LogP contribution in [0.25, 0.3) is 0 Å². The molecule has 3 N–H and O–H groups in total. The molecule has 1 aromatic carbocycles. The quantitative estimate of drug-likeness (QED) is 0.568. The van der Waals surface area contributed by atoms with Gasteiger partial charge in [-0.25, -0.2) is 4.79 Å². The number of benzene rings is 1. The fourth-order valence-electron chi connectivity index (χ4n) is 2.09. The number of methoxy groups -OCH3 is 1. The van der Waals surface area contributed by atoms with E-state index >= 15 is 0 Å². The molecular formula is C12H15NO4. The van der Waals surface area contributed by atoms with E-state index in [1.54, 1.807) is 12.1 Å². The van der Waals surface area contributed by atoms with Crippen LogP contribution in [0.2, 0.25) is 0 Å². The second kappa shape index (κ2) is 4.25. The van der Waals surface area contributed by atoms with Crippen molar-refractivity contribution in [3.05, 3.63) is 29.3 Å². The van der Waals surface area contributed by atoms with E-state index in [1.165, 1.54) is 7.11 Å². The molecule has 2 rings (SSSR count). The Balaban J connectivity index is 2.22. The van der Waals surface area contributed by atoms with E-state index in [4.69, 9.17) is 10.5 Å². The Morgan fingerprint density at radius 2 is 2.29 bits per heavy atom. The van der Waals surface area contributed by atoms with Crippen LogP contribution in [0, 0.1) is 0 Å². The standard InChI is InChI=1S/C12H15NO4/c1-16-11(15)17-12(13)6-5-8-3-2-4-10(14)9(8)7-12/h2-4,14H,5-7,13H2,1H3/t12-/m0/s1. The van der Waals surface area contributed by atoms with E-state index in [9.17, 15) is 9.90 Å². The number of phenolic OH excluding ortho intramolecular Hbond substituents is 1. The first-order valence-corrected chi connectivity index (χ1v) is 5.40. The molecule has 0 fully saturated rings. The molecule has 1 aromatic rings. The van der Waals surface area contributed by atoms with Crippen LogP contribution in [0.1, 0.15) is 17.5 Å². The Morgan fingerprint density at radius 1 is 1.53 bits per heavy atom. The molecule has 1 aliphatic carbocycles. The largest absolute Gasteiger partial charge is 0.509 e. The number of fused-ring (bicyclic) bond motifs is 1. The minimum absolute atomic E-state index is 0.186. The van der Waals surface area contributed by atoms with E-state index in [1.807, 2.05) is 6.07 Å². The molecule has 0 amide bonds. The van der Waals surface area contributed by atoms with Gasteiger partial charge in [0.1, 0.15) is 5.75 Å². The van der Waals surface area contributed by atoms with Gasteiger partial charge in [0.2, 0.25) is 0 Å². The maximum absolute atomic E-state index is 11.1. The first kappa shape index (κ1) is 11.7. The minimum Gasteiger partial charge on any atom is -0.508 e. The molecule has 0 radical (unpaired) electrons. The smallest absolute Gasteiger partial charge is 0.508 e. The van der Waals surface area contributed by atoms with E-state index in [-0.39, 0.29) is 5.75 Å². The fraction of sp³-hybridized carbons (Fsp3) is 0.417. The van der Waals surface area contributed by atoms with Crippen molar-refractivity contribution in [3.8, 4) is 5.75 Å². The van der Waals surface area contributed by atoms with Crippen molar-refractivity contribution in [1.29, 1.82) is 0 Å². The summed E-state index contributed by atoms with van der Waals surface area (Å²) in [7, 11) is 1.24. The molecule has 5 nitrogen and oxygen atoms in total. The topological polar surface area (TPSA) is 81.8 Å². The molecule has 0 unspecified atom stereocenters. The van der Waals surface area contributed by atoms with Gasteiger partial charge in [0.15, 0.2) is 5.72 Å². The maximum atomic E-state index is 11.1. The van der Waals surface area contributed by atoms with Gasteiger partial charge in [-0.3, -0.25) is 5.73 Å². The highest BCUT2D eigenvalue weighted by Crippen LogP contribution is 2.33. The van der Waals surface area contributed by atoms with Gasteiger partial charge in [-0.1, -0.05) is 12.1 Å². The highest BCUT2D eigenvalue weighted by Gasteiger charge is 2.35. The monoisotopic (exact) mass is 237 g/mol. The van der Waals surface area contributed by atoms with Crippen LogP contribution < -0.4 is 5.73 Å². The van der Waals surface area contributed by atoms with Crippen LogP contribution in [-0.2, 0) is 22.3 Å². The van der Waals surface area contributed by atoms with Crippen molar-refractivity contribution in [2.75, 3.05) is 7.11 Å². The number of ether oxygens (including phenoxy) is 2. The summed E-state index contributed by atoms with van der Waals surface area (Å²) in [6.07, 6.45) is 0.672. The Morgan fingerprint density at radius 3 is 3.00 bits per heavy atom. The zero-order valence-electron chi connectivity index (χ0n) is 9.60. The number of carbonyl (C=O) groups is 1. The van der Waals surface area contributed by atoms with Gasteiger partial charge in [-0.15, -0.1) is 0 Å². The Labute approximate surface area is 99.1 Å². The van der Waals surface area contributed by atoms with Gasteiger partial charge in [-0.2, -0.15) is 0 Å². The summed E-state index contributed by atoms with van der Waals surface area (Å²) in [4.78, 5) is 11.1.